The molecular weight excluding hydrogens is 270 g/mol. The van der Waals surface area contributed by atoms with Gasteiger partial charge in [-0.3, -0.25) is 4.79 Å². The number of nitrogens with one attached hydrogen (secondary N) is 1. The van der Waals surface area contributed by atoms with Crippen LogP contribution in [0.5, 0.6) is 0 Å². The highest BCUT2D eigenvalue weighted by Gasteiger charge is 2.33. The van der Waals surface area contributed by atoms with Gasteiger partial charge in [-0.2, -0.15) is 13.9 Å². The first kappa shape index (κ1) is 14.9. The quantitative estimate of drug-likeness (QED) is 0.867. The van der Waals surface area contributed by atoms with E-state index in [1.165, 1.54) is 6.07 Å². The summed E-state index contributed by atoms with van der Waals surface area (Å²) in [5.74, 6) is -0.464. The molecule has 112 valence electrons. The number of likely N-dealkylation sites (N-methyl/N-ethyl adjacent to an activating group) is 1. The topological polar surface area (TPSA) is 59.4 Å². The Morgan fingerprint density at radius 1 is 1.60 bits per heavy atom. The van der Waals surface area contributed by atoms with Gasteiger partial charge < -0.3 is 15.0 Å². The lowest BCUT2D eigenvalue weighted by molar-refractivity contribution is 0.0501. The molecule has 1 aromatic heterocycles. The lowest BCUT2D eigenvalue weighted by Crippen LogP contribution is -2.44. The summed E-state index contributed by atoms with van der Waals surface area (Å²) in [7, 11) is 1.93. The van der Waals surface area contributed by atoms with E-state index in [2.05, 4.69) is 10.4 Å². The molecule has 2 heterocycles. The normalized spacial score (nSPS) is 23.4. The molecule has 6 nitrogen and oxygen atoms in total. The smallest absolute Gasteiger partial charge is 0.333 e. The Kier molecular flexibility index (Phi) is 4.66. The molecule has 1 aromatic rings. The van der Waals surface area contributed by atoms with E-state index < -0.39 is 12.5 Å². The summed E-state index contributed by atoms with van der Waals surface area (Å²) in [6.07, 6.45) is 0.992. The van der Waals surface area contributed by atoms with Crippen LogP contribution in [0.15, 0.2) is 12.3 Å². The van der Waals surface area contributed by atoms with Crippen LogP contribution in [0.2, 0.25) is 0 Å². The molecule has 1 saturated heterocycles. The third-order valence-corrected chi connectivity index (χ3v) is 3.19. The van der Waals surface area contributed by atoms with Gasteiger partial charge in [0.15, 0.2) is 0 Å². The average molecular weight is 288 g/mol. The average Bonchev–Trinajstić information content (AvgIpc) is 2.97. The van der Waals surface area contributed by atoms with Crippen LogP contribution in [-0.2, 0) is 4.74 Å². The van der Waals surface area contributed by atoms with Gasteiger partial charge in [-0.25, -0.2) is 4.68 Å². The second-order valence-electron chi connectivity index (χ2n) is 4.75. The van der Waals surface area contributed by atoms with E-state index in [-0.39, 0.29) is 17.8 Å². The molecule has 1 aliphatic rings. The standard InChI is InChI=1S/C12H18F2N4O2/c1-3-20-10-7-17(2)6-9(10)15-11(19)8-4-5-18(16-8)12(13)14/h4-5,9-10,12H,3,6-7H2,1-2H3,(H,15,19)/t9-,10-/m1/s1. The zero-order valence-corrected chi connectivity index (χ0v) is 11.4. The van der Waals surface area contributed by atoms with Crippen molar-refractivity contribution in [3.05, 3.63) is 18.0 Å². The summed E-state index contributed by atoms with van der Waals surface area (Å²) < 4.78 is 30.8. The molecule has 0 bridgehead atoms. The number of carbonyl (C=O) groups is 1. The van der Waals surface area contributed by atoms with Crippen molar-refractivity contribution in [1.29, 1.82) is 0 Å². The van der Waals surface area contributed by atoms with Crippen LogP contribution in [0.25, 0.3) is 0 Å². The lowest BCUT2D eigenvalue weighted by Gasteiger charge is -2.19. The van der Waals surface area contributed by atoms with Crippen LogP contribution >= 0.6 is 0 Å². The second kappa shape index (κ2) is 6.27. The maximum absolute atomic E-state index is 12.4. The molecule has 1 aliphatic heterocycles. The van der Waals surface area contributed by atoms with Gasteiger partial charge >= 0.3 is 6.55 Å². The van der Waals surface area contributed by atoms with Crippen molar-refractivity contribution in [2.45, 2.75) is 25.6 Å². The number of alkyl halides is 2. The molecule has 1 N–H and O–H groups in total. The number of nitrogens with zero attached hydrogens (tertiary/aromatic N) is 3. The van der Waals surface area contributed by atoms with Crippen molar-refractivity contribution in [3.8, 4) is 0 Å². The number of rotatable bonds is 5. The van der Waals surface area contributed by atoms with Crippen molar-refractivity contribution in [1.82, 2.24) is 20.0 Å². The summed E-state index contributed by atoms with van der Waals surface area (Å²) in [5, 5.41) is 6.33. The molecular formula is C12H18F2N4O2. The third kappa shape index (κ3) is 3.31. The Bertz CT molecular complexity index is 466. The van der Waals surface area contributed by atoms with E-state index in [0.29, 0.717) is 17.8 Å². The number of hydrogen-bond donors (Lipinski definition) is 1. The van der Waals surface area contributed by atoms with Gasteiger partial charge in [0.2, 0.25) is 0 Å². The fourth-order valence-corrected chi connectivity index (χ4v) is 2.29. The minimum absolute atomic E-state index is 0.0184. The second-order valence-corrected chi connectivity index (χ2v) is 4.75. The van der Waals surface area contributed by atoms with Crippen LogP contribution < -0.4 is 5.32 Å². The molecule has 2 atom stereocenters. The molecule has 0 unspecified atom stereocenters. The van der Waals surface area contributed by atoms with Crippen LogP contribution in [-0.4, -0.2) is 59.5 Å². The zero-order valence-electron chi connectivity index (χ0n) is 11.4. The van der Waals surface area contributed by atoms with Crippen molar-refractivity contribution < 1.29 is 18.3 Å². The fourth-order valence-electron chi connectivity index (χ4n) is 2.29. The predicted molar refractivity (Wildman–Crippen MR) is 67.6 cm³/mol. The fraction of sp³-hybridized carbons (Fsp3) is 0.667. The van der Waals surface area contributed by atoms with Crippen molar-refractivity contribution in [2.24, 2.45) is 0 Å². The minimum atomic E-state index is -2.75. The van der Waals surface area contributed by atoms with Gasteiger partial charge in [0.1, 0.15) is 5.69 Å². The van der Waals surface area contributed by atoms with E-state index >= 15 is 0 Å². The number of amides is 1. The highest BCUT2D eigenvalue weighted by atomic mass is 19.3. The van der Waals surface area contributed by atoms with E-state index in [0.717, 1.165) is 12.7 Å². The van der Waals surface area contributed by atoms with Crippen LogP contribution in [0.3, 0.4) is 0 Å². The molecule has 1 amide bonds. The molecule has 1 fully saturated rings. The third-order valence-electron chi connectivity index (χ3n) is 3.19. The summed E-state index contributed by atoms with van der Waals surface area (Å²) in [6, 6.07) is 1.11. The summed E-state index contributed by atoms with van der Waals surface area (Å²) in [5.41, 5.74) is -0.0184. The Balaban J connectivity index is 1.99. The van der Waals surface area contributed by atoms with Gasteiger partial charge in [-0.15, -0.1) is 0 Å². The largest absolute Gasteiger partial charge is 0.375 e. The molecule has 8 heteroatoms. The van der Waals surface area contributed by atoms with Gasteiger partial charge in [-0.05, 0) is 20.0 Å². The SMILES string of the molecule is CCO[C@@H]1CN(C)C[C@H]1NC(=O)c1ccn(C(F)F)n1. The molecule has 20 heavy (non-hydrogen) atoms. The number of halogens is 2. The molecule has 0 saturated carbocycles. The monoisotopic (exact) mass is 288 g/mol. The summed E-state index contributed by atoms with van der Waals surface area (Å²) in [4.78, 5) is 14.0. The van der Waals surface area contributed by atoms with Crippen molar-refractivity contribution >= 4 is 5.91 Å². The Morgan fingerprint density at radius 2 is 2.35 bits per heavy atom. The summed E-state index contributed by atoms with van der Waals surface area (Å²) >= 11 is 0. The first-order valence-electron chi connectivity index (χ1n) is 6.45. The summed E-state index contributed by atoms with van der Waals surface area (Å²) in [6.45, 7) is 1.09. The van der Waals surface area contributed by atoms with Crippen LogP contribution in [0.1, 0.15) is 24.0 Å². The van der Waals surface area contributed by atoms with Crippen molar-refractivity contribution in [3.63, 3.8) is 0 Å². The van der Waals surface area contributed by atoms with E-state index in [9.17, 15) is 13.6 Å². The Morgan fingerprint density at radius 3 is 2.95 bits per heavy atom. The van der Waals surface area contributed by atoms with Gasteiger partial charge in [0.25, 0.3) is 5.91 Å². The van der Waals surface area contributed by atoms with E-state index in [4.69, 9.17) is 4.74 Å². The first-order chi connectivity index (χ1) is 9.51. The van der Waals surface area contributed by atoms with Crippen molar-refractivity contribution in [2.75, 3.05) is 26.7 Å². The van der Waals surface area contributed by atoms with Gasteiger partial charge in [-0.1, -0.05) is 0 Å². The van der Waals surface area contributed by atoms with Crippen LogP contribution in [0, 0.1) is 0 Å². The molecule has 2 rings (SSSR count). The zero-order chi connectivity index (χ0) is 14.7. The highest BCUT2D eigenvalue weighted by Crippen LogP contribution is 2.13. The molecule has 0 aliphatic carbocycles. The molecule has 0 spiro atoms. The number of hydrogen-bond acceptors (Lipinski definition) is 4. The Hall–Kier alpha value is -1.54. The lowest BCUT2D eigenvalue weighted by atomic mass is 10.2. The van der Waals surface area contributed by atoms with Gasteiger partial charge in [0.05, 0.1) is 12.1 Å². The number of ether oxygens (including phenoxy) is 1. The maximum atomic E-state index is 12.4. The predicted octanol–water partition coefficient (Wildman–Crippen LogP) is 0.727. The molecule has 0 aromatic carbocycles. The molecule has 0 radical (unpaired) electrons. The highest BCUT2D eigenvalue weighted by molar-refractivity contribution is 5.92. The number of likely N-dealkylation sites (tertiary alicyclic amines) is 1. The minimum Gasteiger partial charge on any atom is -0.375 e. The van der Waals surface area contributed by atoms with Crippen LogP contribution in [0.4, 0.5) is 8.78 Å². The first-order valence-corrected chi connectivity index (χ1v) is 6.45. The van der Waals surface area contributed by atoms with Gasteiger partial charge in [0, 0.05) is 25.9 Å². The Labute approximate surface area is 115 Å². The van der Waals surface area contributed by atoms with E-state index in [1.54, 1.807) is 0 Å². The number of carbonyl (C=O) groups excluding carboxylic acids is 1. The number of aromatic nitrogens is 2. The van der Waals surface area contributed by atoms with E-state index in [1.807, 2.05) is 18.9 Å². The maximum Gasteiger partial charge on any atom is 0.333 e.